The van der Waals surface area contributed by atoms with Crippen LogP contribution in [0.4, 0.5) is 4.39 Å². The zero-order chi connectivity index (χ0) is 18.0. The maximum atomic E-state index is 13.6. The molecule has 0 aliphatic heterocycles. The van der Waals surface area contributed by atoms with Gasteiger partial charge in [-0.05, 0) is 50.1 Å². The maximum Gasteiger partial charge on any atom is 0.274 e. The van der Waals surface area contributed by atoms with Crippen LogP contribution in [0.1, 0.15) is 32.9 Å². The van der Waals surface area contributed by atoms with Gasteiger partial charge in [0.25, 0.3) is 5.91 Å². The lowest BCUT2D eigenvalue weighted by Crippen LogP contribution is -2.24. The Morgan fingerprint density at radius 1 is 1.12 bits per heavy atom. The molecule has 3 aromatic rings. The van der Waals surface area contributed by atoms with Gasteiger partial charge in [-0.3, -0.25) is 4.79 Å². The van der Waals surface area contributed by atoms with Crippen LogP contribution >= 0.6 is 0 Å². The smallest absolute Gasteiger partial charge is 0.274 e. The molecule has 128 valence electrons. The number of nitrogens with zero attached hydrogens (tertiary/aromatic N) is 3. The second-order valence-corrected chi connectivity index (χ2v) is 5.98. The van der Waals surface area contributed by atoms with E-state index in [-0.39, 0.29) is 24.0 Å². The number of carbonyl (C=O) groups is 1. The van der Waals surface area contributed by atoms with Crippen molar-refractivity contribution in [3.63, 3.8) is 0 Å². The van der Waals surface area contributed by atoms with Gasteiger partial charge >= 0.3 is 0 Å². The topological polar surface area (TPSA) is 59.8 Å². The standard InChI is InChI=1S/C19H19FN4O/c1-12-8-9-16(10-13(12)2)24-14(3)18(22-23-24)19(25)21-11-15-6-4-5-7-17(15)20/h4-10H,11H2,1-3H3,(H,21,25). The van der Waals surface area contributed by atoms with Crippen molar-refractivity contribution < 1.29 is 9.18 Å². The van der Waals surface area contributed by atoms with Crippen molar-refractivity contribution in [3.8, 4) is 5.69 Å². The molecule has 6 heteroatoms. The summed E-state index contributed by atoms with van der Waals surface area (Å²) in [6, 6.07) is 12.3. The predicted octanol–water partition coefficient (Wildman–Crippen LogP) is 3.26. The third-order valence-electron chi connectivity index (χ3n) is 4.24. The van der Waals surface area contributed by atoms with E-state index >= 15 is 0 Å². The molecule has 0 saturated carbocycles. The lowest BCUT2D eigenvalue weighted by molar-refractivity contribution is 0.0945. The van der Waals surface area contributed by atoms with E-state index in [1.54, 1.807) is 29.8 Å². The van der Waals surface area contributed by atoms with Crippen molar-refractivity contribution in [1.29, 1.82) is 0 Å². The highest BCUT2D eigenvalue weighted by Gasteiger charge is 2.17. The molecule has 3 rings (SSSR count). The Bertz CT molecular complexity index is 933. The second kappa shape index (κ2) is 6.84. The van der Waals surface area contributed by atoms with E-state index in [1.807, 2.05) is 32.0 Å². The van der Waals surface area contributed by atoms with Crippen LogP contribution in [0.25, 0.3) is 5.69 Å². The average molecular weight is 338 g/mol. The van der Waals surface area contributed by atoms with Gasteiger partial charge in [0.05, 0.1) is 11.4 Å². The van der Waals surface area contributed by atoms with Crippen molar-refractivity contribution >= 4 is 5.91 Å². The number of carbonyl (C=O) groups excluding carboxylic acids is 1. The molecule has 1 aromatic heterocycles. The van der Waals surface area contributed by atoms with Crippen LogP contribution in [0.15, 0.2) is 42.5 Å². The van der Waals surface area contributed by atoms with E-state index < -0.39 is 0 Å². The molecule has 5 nitrogen and oxygen atoms in total. The first-order valence-corrected chi connectivity index (χ1v) is 7.99. The van der Waals surface area contributed by atoms with E-state index in [0.29, 0.717) is 11.3 Å². The number of hydrogen-bond acceptors (Lipinski definition) is 3. The minimum Gasteiger partial charge on any atom is -0.346 e. The molecule has 0 spiro atoms. The molecular formula is C19H19FN4O. The number of halogens is 1. The summed E-state index contributed by atoms with van der Waals surface area (Å²) in [5.74, 6) is -0.728. The van der Waals surface area contributed by atoms with Gasteiger partial charge in [-0.2, -0.15) is 0 Å². The maximum absolute atomic E-state index is 13.6. The number of aromatic nitrogens is 3. The number of nitrogens with one attached hydrogen (secondary N) is 1. The molecule has 0 unspecified atom stereocenters. The summed E-state index contributed by atoms with van der Waals surface area (Å²) in [5.41, 5.74) is 4.46. The molecule has 2 aromatic carbocycles. The van der Waals surface area contributed by atoms with Gasteiger partial charge in [-0.1, -0.05) is 29.5 Å². The minimum atomic E-state index is -0.379. The summed E-state index contributed by atoms with van der Waals surface area (Å²) in [5, 5.41) is 10.8. The van der Waals surface area contributed by atoms with Crippen molar-refractivity contribution in [2.24, 2.45) is 0 Å². The molecule has 0 aliphatic rings. The molecule has 0 bridgehead atoms. The van der Waals surface area contributed by atoms with Crippen LogP contribution in [0.3, 0.4) is 0 Å². The molecule has 1 N–H and O–H groups in total. The Labute approximate surface area is 145 Å². The molecule has 0 fully saturated rings. The Hall–Kier alpha value is -3.02. The van der Waals surface area contributed by atoms with Crippen LogP contribution < -0.4 is 5.32 Å². The van der Waals surface area contributed by atoms with Gasteiger partial charge in [-0.25, -0.2) is 9.07 Å². The molecule has 0 radical (unpaired) electrons. The van der Waals surface area contributed by atoms with Crippen molar-refractivity contribution in [2.75, 3.05) is 0 Å². The fourth-order valence-electron chi connectivity index (χ4n) is 2.54. The Morgan fingerprint density at radius 2 is 1.88 bits per heavy atom. The zero-order valence-electron chi connectivity index (χ0n) is 14.4. The monoisotopic (exact) mass is 338 g/mol. The lowest BCUT2D eigenvalue weighted by atomic mass is 10.1. The largest absolute Gasteiger partial charge is 0.346 e. The third kappa shape index (κ3) is 3.42. The van der Waals surface area contributed by atoms with Gasteiger partial charge in [-0.15, -0.1) is 5.10 Å². The zero-order valence-corrected chi connectivity index (χ0v) is 14.4. The van der Waals surface area contributed by atoms with Gasteiger partial charge in [0.2, 0.25) is 0 Å². The molecule has 1 heterocycles. The number of aryl methyl sites for hydroxylation is 2. The third-order valence-corrected chi connectivity index (χ3v) is 4.24. The van der Waals surface area contributed by atoms with Crippen molar-refractivity contribution in [2.45, 2.75) is 27.3 Å². The van der Waals surface area contributed by atoms with Crippen molar-refractivity contribution in [1.82, 2.24) is 20.3 Å². The SMILES string of the molecule is Cc1ccc(-n2nnc(C(=O)NCc3ccccc3F)c2C)cc1C. The summed E-state index contributed by atoms with van der Waals surface area (Å²) in [7, 11) is 0. The van der Waals surface area contributed by atoms with Crippen LogP contribution in [-0.4, -0.2) is 20.9 Å². The van der Waals surface area contributed by atoms with Crippen LogP contribution in [0.5, 0.6) is 0 Å². The van der Waals surface area contributed by atoms with Gasteiger partial charge in [0, 0.05) is 12.1 Å². The normalized spacial score (nSPS) is 10.7. The van der Waals surface area contributed by atoms with Crippen LogP contribution in [0.2, 0.25) is 0 Å². The first-order chi connectivity index (χ1) is 12.0. The summed E-state index contributed by atoms with van der Waals surface area (Å²) >= 11 is 0. The number of benzene rings is 2. The van der Waals surface area contributed by atoms with Crippen molar-refractivity contribution in [3.05, 3.63) is 76.4 Å². The molecule has 0 saturated heterocycles. The summed E-state index contributed by atoms with van der Waals surface area (Å²) in [4.78, 5) is 12.4. The summed E-state index contributed by atoms with van der Waals surface area (Å²) < 4.78 is 15.3. The molecule has 1 amide bonds. The van der Waals surface area contributed by atoms with Crippen LogP contribution in [-0.2, 0) is 6.54 Å². The number of rotatable bonds is 4. The second-order valence-electron chi connectivity index (χ2n) is 5.98. The molecule has 0 atom stereocenters. The lowest BCUT2D eigenvalue weighted by Gasteiger charge is -2.07. The Balaban J connectivity index is 1.79. The first kappa shape index (κ1) is 16.8. The Kier molecular flexibility index (Phi) is 4.61. The van der Waals surface area contributed by atoms with E-state index in [9.17, 15) is 9.18 Å². The van der Waals surface area contributed by atoms with Crippen LogP contribution in [0, 0.1) is 26.6 Å². The highest BCUT2D eigenvalue weighted by atomic mass is 19.1. The minimum absolute atomic E-state index is 0.0987. The van der Waals surface area contributed by atoms with E-state index in [1.165, 1.54) is 11.6 Å². The number of amides is 1. The highest BCUT2D eigenvalue weighted by Crippen LogP contribution is 2.16. The highest BCUT2D eigenvalue weighted by molar-refractivity contribution is 5.93. The van der Waals surface area contributed by atoms with E-state index in [0.717, 1.165) is 11.3 Å². The molecular weight excluding hydrogens is 319 g/mol. The average Bonchev–Trinajstić information content (AvgIpc) is 2.98. The first-order valence-electron chi connectivity index (χ1n) is 7.99. The van der Waals surface area contributed by atoms with Gasteiger partial charge < -0.3 is 5.32 Å². The van der Waals surface area contributed by atoms with Gasteiger partial charge in [0.1, 0.15) is 5.82 Å². The van der Waals surface area contributed by atoms with Gasteiger partial charge in [0.15, 0.2) is 5.69 Å². The number of hydrogen-bond donors (Lipinski definition) is 1. The molecule has 25 heavy (non-hydrogen) atoms. The Morgan fingerprint density at radius 3 is 2.60 bits per heavy atom. The fraction of sp³-hybridized carbons (Fsp3) is 0.211. The summed E-state index contributed by atoms with van der Waals surface area (Å²) in [6.45, 7) is 5.94. The predicted molar refractivity (Wildman–Crippen MR) is 93.1 cm³/mol. The quantitative estimate of drug-likeness (QED) is 0.794. The van der Waals surface area contributed by atoms with E-state index in [4.69, 9.17) is 0 Å². The van der Waals surface area contributed by atoms with E-state index in [2.05, 4.69) is 15.6 Å². The molecule has 0 aliphatic carbocycles. The fourth-order valence-corrected chi connectivity index (χ4v) is 2.54. The summed E-state index contributed by atoms with van der Waals surface area (Å²) in [6.07, 6.45) is 0.